The fraction of sp³-hybridized carbons (Fsp3) is 0.500. The molecule has 5 heteroatoms. The van der Waals surface area contributed by atoms with E-state index in [1.165, 1.54) is 12.1 Å². The van der Waals surface area contributed by atoms with Gasteiger partial charge in [0.2, 0.25) is 5.91 Å². The number of halogens is 2. The van der Waals surface area contributed by atoms with Gasteiger partial charge in [0.1, 0.15) is 0 Å². The van der Waals surface area contributed by atoms with Gasteiger partial charge in [-0.25, -0.2) is 8.78 Å². The molecule has 0 bridgehead atoms. The van der Waals surface area contributed by atoms with Gasteiger partial charge in [-0.2, -0.15) is 0 Å². The van der Waals surface area contributed by atoms with Crippen LogP contribution in [0.3, 0.4) is 0 Å². The molecule has 1 aromatic rings. The van der Waals surface area contributed by atoms with Gasteiger partial charge in [0, 0.05) is 25.2 Å². The Morgan fingerprint density at radius 3 is 2.95 bits per heavy atom. The molecule has 1 aliphatic rings. The summed E-state index contributed by atoms with van der Waals surface area (Å²) in [6.45, 7) is 1.58. The number of carbonyl (C=O) groups is 1. The second-order valence-corrected chi connectivity index (χ2v) is 4.96. The van der Waals surface area contributed by atoms with Crippen molar-refractivity contribution in [1.82, 2.24) is 10.2 Å². The van der Waals surface area contributed by atoms with Crippen molar-refractivity contribution in [3.8, 4) is 0 Å². The molecule has 1 unspecified atom stereocenters. The Labute approximate surface area is 111 Å². The maximum absolute atomic E-state index is 13.5. The van der Waals surface area contributed by atoms with Gasteiger partial charge < -0.3 is 10.2 Å². The van der Waals surface area contributed by atoms with Crippen LogP contribution in [-0.4, -0.2) is 37.0 Å². The largest absolute Gasteiger partial charge is 0.344 e. The zero-order valence-corrected chi connectivity index (χ0v) is 11.0. The summed E-state index contributed by atoms with van der Waals surface area (Å²) in [5.74, 6) is -2.04. The van der Waals surface area contributed by atoms with Crippen LogP contribution in [0.5, 0.6) is 0 Å². The lowest BCUT2D eigenvalue weighted by molar-refractivity contribution is -0.129. The second kappa shape index (κ2) is 6.10. The number of benzene rings is 1. The highest BCUT2D eigenvalue weighted by Gasteiger charge is 2.20. The van der Waals surface area contributed by atoms with Gasteiger partial charge >= 0.3 is 0 Å². The van der Waals surface area contributed by atoms with Crippen molar-refractivity contribution in [2.24, 2.45) is 0 Å². The lowest BCUT2D eigenvalue weighted by Crippen LogP contribution is -2.39. The van der Waals surface area contributed by atoms with Gasteiger partial charge in [-0.05, 0) is 25.5 Å². The second-order valence-electron chi connectivity index (χ2n) is 4.96. The van der Waals surface area contributed by atoms with E-state index in [-0.39, 0.29) is 17.9 Å². The number of nitrogens with zero attached hydrogens (tertiary/aromatic N) is 1. The molecule has 1 N–H and O–H groups in total. The highest BCUT2D eigenvalue weighted by Crippen LogP contribution is 2.13. The first-order valence-electron chi connectivity index (χ1n) is 6.48. The molecule has 0 aliphatic carbocycles. The fourth-order valence-corrected chi connectivity index (χ4v) is 2.33. The van der Waals surface area contributed by atoms with Crippen molar-refractivity contribution in [2.45, 2.75) is 25.3 Å². The predicted molar refractivity (Wildman–Crippen MR) is 68.7 cm³/mol. The predicted octanol–water partition coefficient (Wildman–Crippen LogP) is 1.72. The fourth-order valence-electron chi connectivity index (χ4n) is 2.33. The number of carbonyl (C=O) groups excluding carboxylic acids is 1. The van der Waals surface area contributed by atoms with Gasteiger partial charge in [0.25, 0.3) is 0 Å². The van der Waals surface area contributed by atoms with Crippen molar-refractivity contribution < 1.29 is 13.6 Å². The molecule has 1 amide bonds. The van der Waals surface area contributed by atoms with E-state index in [4.69, 9.17) is 0 Å². The van der Waals surface area contributed by atoms with Crippen molar-refractivity contribution in [1.29, 1.82) is 0 Å². The van der Waals surface area contributed by atoms with Crippen LogP contribution in [0.1, 0.15) is 18.4 Å². The smallest absolute Gasteiger partial charge is 0.226 e. The molecule has 1 fully saturated rings. The molecule has 0 aromatic heterocycles. The highest BCUT2D eigenvalue weighted by molar-refractivity contribution is 5.78. The number of hydrogen-bond donors (Lipinski definition) is 1. The number of hydrogen-bond acceptors (Lipinski definition) is 2. The van der Waals surface area contributed by atoms with E-state index >= 15 is 0 Å². The molecule has 0 spiro atoms. The Morgan fingerprint density at radius 1 is 1.47 bits per heavy atom. The van der Waals surface area contributed by atoms with Crippen LogP contribution in [0.25, 0.3) is 0 Å². The average molecular weight is 268 g/mol. The summed E-state index contributed by atoms with van der Waals surface area (Å²) in [6.07, 6.45) is 2.06. The number of rotatable bonds is 4. The van der Waals surface area contributed by atoms with E-state index in [1.807, 2.05) is 0 Å². The first-order valence-corrected chi connectivity index (χ1v) is 6.48. The first-order chi connectivity index (χ1) is 9.08. The van der Waals surface area contributed by atoms with Gasteiger partial charge in [0.05, 0.1) is 6.42 Å². The maximum Gasteiger partial charge on any atom is 0.226 e. The van der Waals surface area contributed by atoms with Crippen LogP contribution in [0, 0.1) is 11.6 Å². The van der Waals surface area contributed by atoms with Gasteiger partial charge in [0.15, 0.2) is 11.6 Å². The minimum absolute atomic E-state index is 0.104. The summed E-state index contributed by atoms with van der Waals surface area (Å²) < 4.78 is 26.5. The molecule has 1 aromatic carbocycles. The molecule has 1 atom stereocenters. The van der Waals surface area contributed by atoms with Crippen LogP contribution in [0.15, 0.2) is 18.2 Å². The van der Waals surface area contributed by atoms with Crippen LogP contribution < -0.4 is 5.32 Å². The summed E-state index contributed by atoms with van der Waals surface area (Å²) >= 11 is 0. The molecule has 1 heterocycles. The zero-order valence-electron chi connectivity index (χ0n) is 11.0. The standard InChI is InChI=1S/C14H18F2N2O/c1-18(9-11-5-3-7-17-11)13(19)8-10-4-2-6-12(15)14(10)16/h2,4,6,11,17H,3,5,7-9H2,1H3. The quantitative estimate of drug-likeness (QED) is 0.901. The molecule has 0 saturated carbocycles. The third kappa shape index (κ3) is 3.50. The van der Waals surface area contributed by atoms with Gasteiger partial charge in [-0.3, -0.25) is 4.79 Å². The van der Waals surface area contributed by atoms with E-state index in [0.29, 0.717) is 12.6 Å². The van der Waals surface area contributed by atoms with Crippen LogP contribution in [-0.2, 0) is 11.2 Å². The summed E-state index contributed by atoms with van der Waals surface area (Å²) in [6, 6.07) is 4.22. The maximum atomic E-state index is 13.5. The molecule has 1 aliphatic heterocycles. The van der Waals surface area contributed by atoms with E-state index in [9.17, 15) is 13.6 Å². The number of nitrogens with one attached hydrogen (secondary N) is 1. The van der Waals surface area contributed by atoms with Crippen molar-refractivity contribution >= 4 is 5.91 Å². The molecule has 104 valence electrons. The number of amides is 1. The highest BCUT2D eigenvalue weighted by atomic mass is 19.2. The van der Waals surface area contributed by atoms with Crippen molar-refractivity contribution in [2.75, 3.05) is 20.1 Å². The Balaban J connectivity index is 1.94. The lowest BCUT2D eigenvalue weighted by atomic mass is 10.1. The van der Waals surface area contributed by atoms with Crippen molar-refractivity contribution in [3.63, 3.8) is 0 Å². The Bertz CT molecular complexity index is 459. The van der Waals surface area contributed by atoms with Gasteiger partial charge in [-0.15, -0.1) is 0 Å². The normalized spacial score (nSPS) is 18.6. The average Bonchev–Trinajstić information content (AvgIpc) is 2.87. The molecule has 2 rings (SSSR count). The van der Waals surface area contributed by atoms with E-state index in [2.05, 4.69) is 5.32 Å². The first kappa shape index (κ1) is 13.9. The van der Waals surface area contributed by atoms with E-state index in [1.54, 1.807) is 11.9 Å². The molecule has 19 heavy (non-hydrogen) atoms. The minimum atomic E-state index is -0.928. The summed E-state index contributed by atoms with van der Waals surface area (Å²) in [4.78, 5) is 13.5. The number of likely N-dealkylation sites (N-methyl/N-ethyl adjacent to an activating group) is 1. The van der Waals surface area contributed by atoms with E-state index < -0.39 is 11.6 Å². The van der Waals surface area contributed by atoms with Gasteiger partial charge in [-0.1, -0.05) is 12.1 Å². The molecule has 1 saturated heterocycles. The van der Waals surface area contributed by atoms with Crippen LogP contribution >= 0.6 is 0 Å². The monoisotopic (exact) mass is 268 g/mol. The van der Waals surface area contributed by atoms with Crippen LogP contribution in [0.2, 0.25) is 0 Å². The summed E-state index contributed by atoms with van der Waals surface area (Å²) in [5, 5.41) is 3.30. The molecular weight excluding hydrogens is 250 g/mol. The molecule has 0 radical (unpaired) electrons. The van der Waals surface area contributed by atoms with E-state index in [0.717, 1.165) is 25.5 Å². The summed E-state index contributed by atoms with van der Waals surface area (Å²) in [7, 11) is 1.69. The minimum Gasteiger partial charge on any atom is -0.344 e. The Morgan fingerprint density at radius 2 is 2.26 bits per heavy atom. The third-order valence-electron chi connectivity index (χ3n) is 3.46. The topological polar surface area (TPSA) is 32.3 Å². The Kier molecular flexibility index (Phi) is 4.47. The zero-order chi connectivity index (χ0) is 13.8. The molecule has 3 nitrogen and oxygen atoms in total. The van der Waals surface area contributed by atoms with Crippen LogP contribution in [0.4, 0.5) is 8.78 Å². The molecular formula is C14H18F2N2O. The third-order valence-corrected chi connectivity index (χ3v) is 3.46. The van der Waals surface area contributed by atoms with Crippen molar-refractivity contribution in [3.05, 3.63) is 35.4 Å². The Hall–Kier alpha value is -1.49. The summed E-state index contributed by atoms with van der Waals surface area (Å²) in [5.41, 5.74) is 0.108. The SMILES string of the molecule is CN(CC1CCCN1)C(=O)Cc1cccc(F)c1F. The lowest BCUT2D eigenvalue weighted by Gasteiger charge is -2.21.